The minimum absolute atomic E-state index is 0.00369. The predicted octanol–water partition coefficient (Wildman–Crippen LogP) is 1.88. The normalized spacial score (nSPS) is 27.6. The highest BCUT2D eigenvalue weighted by Gasteiger charge is 2.35. The molecule has 0 bridgehead atoms. The van der Waals surface area contributed by atoms with E-state index < -0.39 is 5.60 Å². The van der Waals surface area contributed by atoms with E-state index in [1.165, 1.54) is 0 Å². The van der Waals surface area contributed by atoms with Crippen LogP contribution in [0.15, 0.2) is 0 Å². The van der Waals surface area contributed by atoms with Crippen molar-refractivity contribution in [2.75, 3.05) is 0 Å². The van der Waals surface area contributed by atoms with Crippen molar-refractivity contribution in [2.45, 2.75) is 89.3 Å². The van der Waals surface area contributed by atoms with E-state index in [0.717, 1.165) is 44.9 Å². The van der Waals surface area contributed by atoms with Crippen molar-refractivity contribution in [3.05, 3.63) is 0 Å². The van der Waals surface area contributed by atoms with Gasteiger partial charge in [-0.1, -0.05) is 19.3 Å². The molecule has 2 atom stereocenters. The zero-order chi connectivity index (χ0) is 16.2. The van der Waals surface area contributed by atoms with Gasteiger partial charge in [-0.3, -0.25) is 9.59 Å². The molecule has 2 aliphatic rings. The Bertz CT molecular complexity index is 403. The SMILES string of the molecule is CC(C)NC(=O)C1CCCC(NC(=O)CC2(O)CCCC2)C1. The van der Waals surface area contributed by atoms with Crippen LogP contribution in [0.3, 0.4) is 0 Å². The van der Waals surface area contributed by atoms with E-state index in [1.54, 1.807) is 0 Å². The molecule has 5 heteroatoms. The van der Waals surface area contributed by atoms with Crippen molar-refractivity contribution in [3.8, 4) is 0 Å². The number of carbonyl (C=O) groups excluding carboxylic acids is 2. The fourth-order valence-electron chi connectivity index (χ4n) is 3.75. The summed E-state index contributed by atoms with van der Waals surface area (Å²) in [6.07, 6.45) is 7.16. The van der Waals surface area contributed by atoms with Gasteiger partial charge < -0.3 is 15.7 Å². The number of hydrogen-bond acceptors (Lipinski definition) is 3. The second-order valence-electron chi connectivity index (χ2n) is 7.40. The van der Waals surface area contributed by atoms with E-state index in [1.807, 2.05) is 13.8 Å². The Morgan fingerprint density at radius 1 is 1.18 bits per heavy atom. The van der Waals surface area contributed by atoms with Crippen molar-refractivity contribution < 1.29 is 14.7 Å². The third-order valence-corrected chi connectivity index (χ3v) is 4.86. The van der Waals surface area contributed by atoms with Crippen LogP contribution in [-0.4, -0.2) is 34.6 Å². The predicted molar refractivity (Wildman–Crippen MR) is 85.2 cm³/mol. The summed E-state index contributed by atoms with van der Waals surface area (Å²) >= 11 is 0. The number of nitrogens with one attached hydrogen (secondary N) is 2. The molecule has 0 radical (unpaired) electrons. The third kappa shape index (κ3) is 4.97. The Balaban J connectivity index is 1.79. The van der Waals surface area contributed by atoms with Gasteiger partial charge in [-0.2, -0.15) is 0 Å². The number of rotatable bonds is 5. The first kappa shape index (κ1) is 17.3. The first-order valence-corrected chi connectivity index (χ1v) is 8.70. The van der Waals surface area contributed by atoms with Crippen molar-refractivity contribution in [3.63, 3.8) is 0 Å². The Morgan fingerprint density at radius 2 is 1.86 bits per heavy atom. The van der Waals surface area contributed by atoms with Gasteiger partial charge in [0.1, 0.15) is 0 Å². The van der Waals surface area contributed by atoms with Gasteiger partial charge in [-0.05, 0) is 46.0 Å². The monoisotopic (exact) mass is 310 g/mol. The van der Waals surface area contributed by atoms with E-state index >= 15 is 0 Å². The summed E-state index contributed by atoms with van der Waals surface area (Å²) in [5, 5.41) is 16.3. The largest absolute Gasteiger partial charge is 0.389 e. The number of hydrogen-bond donors (Lipinski definition) is 3. The molecule has 2 unspecified atom stereocenters. The van der Waals surface area contributed by atoms with Gasteiger partial charge in [0.25, 0.3) is 0 Å². The minimum Gasteiger partial charge on any atom is -0.389 e. The van der Waals surface area contributed by atoms with Crippen LogP contribution in [0.5, 0.6) is 0 Å². The fourth-order valence-corrected chi connectivity index (χ4v) is 3.75. The van der Waals surface area contributed by atoms with Crippen molar-refractivity contribution in [1.82, 2.24) is 10.6 Å². The second kappa shape index (κ2) is 7.44. The maximum Gasteiger partial charge on any atom is 0.223 e. The first-order valence-electron chi connectivity index (χ1n) is 8.70. The van der Waals surface area contributed by atoms with Crippen molar-refractivity contribution in [1.29, 1.82) is 0 Å². The second-order valence-corrected chi connectivity index (χ2v) is 7.40. The number of aliphatic hydroxyl groups is 1. The quantitative estimate of drug-likeness (QED) is 0.725. The maximum atomic E-state index is 12.2. The van der Waals surface area contributed by atoms with Gasteiger partial charge in [0.2, 0.25) is 11.8 Å². The number of carbonyl (C=O) groups is 2. The highest BCUT2D eigenvalue weighted by Crippen LogP contribution is 2.32. The van der Waals surface area contributed by atoms with Gasteiger partial charge in [0.15, 0.2) is 0 Å². The smallest absolute Gasteiger partial charge is 0.223 e. The summed E-state index contributed by atoms with van der Waals surface area (Å²) in [5.74, 6) is 0.0266. The summed E-state index contributed by atoms with van der Waals surface area (Å²) in [4.78, 5) is 24.3. The zero-order valence-electron chi connectivity index (χ0n) is 13.9. The van der Waals surface area contributed by atoms with Crippen LogP contribution in [0.4, 0.5) is 0 Å². The summed E-state index contributed by atoms with van der Waals surface area (Å²) in [7, 11) is 0. The Labute approximate surface area is 133 Å². The summed E-state index contributed by atoms with van der Waals surface area (Å²) in [5.41, 5.74) is -0.798. The first-order chi connectivity index (χ1) is 10.4. The molecule has 2 saturated carbocycles. The van der Waals surface area contributed by atoms with Crippen LogP contribution in [0, 0.1) is 5.92 Å². The molecular formula is C17H30N2O3. The highest BCUT2D eigenvalue weighted by molar-refractivity contribution is 5.80. The molecule has 0 aromatic rings. The molecule has 0 aromatic carbocycles. The molecule has 2 rings (SSSR count). The molecule has 5 nitrogen and oxygen atoms in total. The van der Waals surface area contributed by atoms with Crippen LogP contribution in [0.1, 0.15) is 71.6 Å². The molecule has 3 N–H and O–H groups in total. The van der Waals surface area contributed by atoms with E-state index in [-0.39, 0.29) is 36.2 Å². The van der Waals surface area contributed by atoms with E-state index in [9.17, 15) is 14.7 Å². The zero-order valence-corrected chi connectivity index (χ0v) is 13.9. The van der Waals surface area contributed by atoms with E-state index in [2.05, 4.69) is 10.6 Å². The van der Waals surface area contributed by atoms with Crippen molar-refractivity contribution >= 4 is 11.8 Å². The molecule has 2 amide bonds. The lowest BCUT2D eigenvalue weighted by molar-refractivity contribution is -0.130. The molecular weight excluding hydrogens is 280 g/mol. The summed E-state index contributed by atoms with van der Waals surface area (Å²) in [6, 6.07) is 0.216. The molecule has 0 aliphatic heterocycles. The van der Waals surface area contributed by atoms with E-state index in [0.29, 0.717) is 6.42 Å². The van der Waals surface area contributed by atoms with Crippen LogP contribution >= 0.6 is 0 Å². The van der Waals surface area contributed by atoms with Crippen molar-refractivity contribution in [2.24, 2.45) is 5.92 Å². The lowest BCUT2D eigenvalue weighted by Crippen LogP contribution is -2.45. The van der Waals surface area contributed by atoms with Gasteiger partial charge in [0.05, 0.1) is 12.0 Å². The Morgan fingerprint density at radius 3 is 2.50 bits per heavy atom. The molecule has 2 aliphatic carbocycles. The molecule has 126 valence electrons. The molecule has 22 heavy (non-hydrogen) atoms. The fraction of sp³-hybridized carbons (Fsp3) is 0.882. The summed E-state index contributed by atoms with van der Waals surface area (Å²) in [6.45, 7) is 3.92. The lowest BCUT2D eigenvalue weighted by Gasteiger charge is -2.30. The number of amides is 2. The van der Waals surface area contributed by atoms with Crippen LogP contribution in [-0.2, 0) is 9.59 Å². The van der Waals surface area contributed by atoms with Gasteiger partial charge >= 0.3 is 0 Å². The van der Waals surface area contributed by atoms with Crippen LogP contribution in [0.2, 0.25) is 0 Å². The standard InChI is InChI=1S/C17H30N2O3/c1-12(2)18-16(21)13-6-5-7-14(10-13)19-15(20)11-17(22)8-3-4-9-17/h12-14,22H,3-11H2,1-2H3,(H,18,21)(H,19,20). The molecule has 0 aromatic heterocycles. The van der Waals surface area contributed by atoms with Gasteiger partial charge in [-0.15, -0.1) is 0 Å². The molecule has 2 fully saturated rings. The third-order valence-electron chi connectivity index (χ3n) is 4.86. The topological polar surface area (TPSA) is 78.4 Å². The Kier molecular flexibility index (Phi) is 5.84. The molecule has 0 spiro atoms. The van der Waals surface area contributed by atoms with Crippen LogP contribution in [0.25, 0.3) is 0 Å². The van der Waals surface area contributed by atoms with Crippen LogP contribution < -0.4 is 10.6 Å². The lowest BCUT2D eigenvalue weighted by atomic mass is 9.84. The molecule has 0 heterocycles. The molecule has 0 saturated heterocycles. The van der Waals surface area contributed by atoms with Gasteiger partial charge in [-0.25, -0.2) is 0 Å². The summed E-state index contributed by atoms with van der Waals surface area (Å²) < 4.78 is 0. The average Bonchev–Trinajstić information content (AvgIpc) is 2.84. The highest BCUT2D eigenvalue weighted by atomic mass is 16.3. The van der Waals surface area contributed by atoms with E-state index in [4.69, 9.17) is 0 Å². The minimum atomic E-state index is -0.798. The maximum absolute atomic E-state index is 12.2. The average molecular weight is 310 g/mol. The Hall–Kier alpha value is -1.10. The van der Waals surface area contributed by atoms with Gasteiger partial charge in [0, 0.05) is 18.0 Å².